The van der Waals surface area contributed by atoms with Gasteiger partial charge in [0.05, 0.1) is 6.61 Å². The first-order valence-corrected chi connectivity index (χ1v) is 4.79. The van der Waals surface area contributed by atoms with Gasteiger partial charge in [0.15, 0.2) is 0 Å². The molecule has 0 unspecified atom stereocenters. The largest absolute Gasteiger partial charge is 0.459 e. The fourth-order valence-electron chi connectivity index (χ4n) is 1.28. The van der Waals surface area contributed by atoms with Gasteiger partial charge in [0.1, 0.15) is 0 Å². The zero-order valence-corrected chi connectivity index (χ0v) is 8.25. The van der Waals surface area contributed by atoms with Crippen LogP contribution in [0.1, 0.15) is 19.8 Å². The van der Waals surface area contributed by atoms with Crippen molar-refractivity contribution in [3.63, 3.8) is 0 Å². The van der Waals surface area contributed by atoms with E-state index in [1.807, 2.05) is 0 Å². The summed E-state index contributed by atoms with van der Waals surface area (Å²) in [4.78, 5) is 22.1. The molecule has 1 fully saturated rings. The maximum absolute atomic E-state index is 11.2. The van der Waals surface area contributed by atoms with Gasteiger partial charge in [0.25, 0.3) is 0 Å². The smallest absolute Gasteiger partial charge is 0.396 e. The van der Waals surface area contributed by atoms with Gasteiger partial charge < -0.3 is 14.8 Å². The summed E-state index contributed by atoms with van der Waals surface area (Å²) in [7, 11) is 0. The zero-order valence-electron chi connectivity index (χ0n) is 8.25. The zero-order chi connectivity index (χ0) is 10.4. The molecule has 0 aliphatic carbocycles. The lowest BCUT2D eigenvalue weighted by Crippen LogP contribution is -2.42. The molecule has 1 saturated heterocycles. The monoisotopic (exact) mass is 201 g/mol. The molecule has 1 amide bonds. The van der Waals surface area contributed by atoms with Crippen molar-refractivity contribution in [2.75, 3.05) is 19.8 Å². The number of carbonyl (C=O) groups is 2. The topological polar surface area (TPSA) is 64.6 Å². The number of amides is 1. The van der Waals surface area contributed by atoms with Gasteiger partial charge in [-0.2, -0.15) is 0 Å². The molecule has 5 nitrogen and oxygen atoms in total. The summed E-state index contributed by atoms with van der Waals surface area (Å²) in [6.45, 7) is 3.15. The minimum absolute atomic E-state index is 0.0423. The van der Waals surface area contributed by atoms with E-state index >= 15 is 0 Å². The first kappa shape index (κ1) is 11.0. The van der Waals surface area contributed by atoms with Gasteiger partial charge in [0.2, 0.25) is 0 Å². The predicted molar refractivity (Wildman–Crippen MR) is 48.6 cm³/mol. The first-order chi connectivity index (χ1) is 6.74. The van der Waals surface area contributed by atoms with E-state index < -0.39 is 11.9 Å². The Morgan fingerprint density at radius 1 is 1.43 bits per heavy atom. The highest BCUT2D eigenvalue weighted by atomic mass is 16.5. The Kier molecular flexibility index (Phi) is 4.39. The normalized spacial score (nSPS) is 17.5. The number of ether oxygens (including phenoxy) is 2. The molecule has 5 heteroatoms. The molecule has 0 radical (unpaired) electrons. The van der Waals surface area contributed by atoms with Gasteiger partial charge in [-0.05, 0) is 19.8 Å². The van der Waals surface area contributed by atoms with Crippen molar-refractivity contribution in [3.05, 3.63) is 0 Å². The van der Waals surface area contributed by atoms with Crippen molar-refractivity contribution in [3.8, 4) is 0 Å². The lowest BCUT2D eigenvalue weighted by Gasteiger charge is -2.22. The molecule has 1 heterocycles. The number of esters is 1. The fourth-order valence-corrected chi connectivity index (χ4v) is 1.28. The van der Waals surface area contributed by atoms with E-state index in [9.17, 15) is 9.59 Å². The fraction of sp³-hybridized carbons (Fsp3) is 0.778. The first-order valence-electron chi connectivity index (χ1n) is 4.79. The van der Waals surface area contributed by atoms with E-state index in [4.69, 9.17) is 4.74 Å². The van der Waals surface area contributed by atoms with Crippen LogP contribution < -0.4 is 5.32 Å². The molecule has 0 atom stereocenters. The highest BCUT2D eigenvalue weighted by Crippen LogP contribution is 2.05. The Labute approximate surface area is 82.8 Å². The van der Waals surface area contributed by atoms with E-state index in [1.165, 1.54) is 0 Å². The molecule has 80 valence electrons. The Bertz CT molecular complexity index is 211. The van der Waals surface area contributed by atoms with Crippen molar-refractivity contribution in [1.82, 2.24) is 5.32 Å². The number of nitrogens with one attached hydrogen (secondary N) is 1. The number of rotatable bonds is 2. The van der Waals surface area contributed by atoms with Crippen molar-refractivity contribution >= 4 is 11.9 Å². The minimum Gasteiger partial charge on any atom is -0.459 e. The third kappa shape index (κ3) is 3.33. The highest BCUT2D eigenvalue weighted by molar-refractivity contribution is 6.32. The van der Waals surface area contributed by atoms with E-state index in [-0.39, 0.29) is 12.6 Å². The van der Waals surface area contributed by atoms with Crippen LogP contribution in [0.2, 0.25) is 0 Å². The number of hydrogen-bond donors (Lipinski definition) is 1. The van der Waals surface area contributed by atoms with Gasteiger partial charge in [-0.3, -0.25) is 4.79 Å². The molecule has 1 aliphatic rings. The third-order valence-electron chi connectivity index (χ3n) is 2.02. The summed E-state index contributed by atoms with van der Waals surface area (Å²) in [5.41, 5.74) is 0. The average Bonchev–Trinajstić information content (AvgIpc) is 2.19. The van der Waals surface area contributed by atoms with Crippen LogP contribution in [0.25, 0.3) is 0 Å². The van der Waals surface area contributed by atoms with Crippen LogP contribution in [-0.4, -0.2) is 37.7 Å². The van der Waals surface area contributed by atoms with Gasteiger partial charge in [-0.15, -0.1) is 0 Å². The molecule has 0 aromatic carbocycles. The molecule has 0 aromatic heterocycles. The van der Waals surface area contributed by atoms with Crippen molar-refractivity contribution < 1.29 is 19.1 Å². The minimum atomic E-state index is -0.806. The van der Waals surface area contributed by atoms with Crippen LogP contribution in [0, 0.1) is 0 Å². The summed E-state index contributed by atoms with van der Waals surface area (Å²) < 4.78 is 9.68. The molecular formula is C9H15NO4. The van der Waals surface area contributed by atoms with Crippen molar-refractivity contribution in [2.45, 2.75) is 25.8 Å². The molecule has 14 heavy (non-hydrogen) atoms. The van der Waals surface area contributed by atoms with E-state index in [0.717, 1.165) is 12.8 Å². The summed E-state index contributed by atoms with van der Waals surface area (Å²) >= 11 is 0. The van der Waals surface area contributed by atoms with Crippen molar-refractivity contribution in [1.29, 1.82) is 0 Å². The maximum atomic E-state index is 11.2. The summed E-state index contributed by atoms with van der Waals surface area (Å²) in [6, 6.07) is 0.0423. The second-order valence-electron chi connectivity index (χ2n) is 3.08. The molecule has 0 spiro atoms. The van der Waals surface area contributed by atoms with Crippen LogP contribution in [0.5, 0.6) is 0 Å². The number of carbonyl (C=O) groups excluding carboxylic acids is 2. The SMILES string of the molecule is CCOC(=O)C(=O)NC1CCOCC1. The van der Waals surface area contributed by atoms with Crippen LogP contribution in [0.3, 0.4) is 0 Å². The van der Waals surface area contributed by atoms with E-state index in [1.54, 1.807) is 6.92 Å². The molecule has 0 saturated carbocycles. The van der Waals surface area contributed by atoms with Crippen LogP contribution in [0.4, 0.5) is 0 Å². The Morgan fingerprint density at radius 2 is 2.07 bits per heavy atom. The molecule has 1 aliphatic heterocycles. The Balaban J connectivity index is 2.28. The van der Waals surface area contributed by atoms with Crippen LogP contribution in [-0.2, 0) is 19.1 Å². The van der Waals surface area contributed by atoms with Crippen molar-refractivity contribution in [2.24, 2.45) is 0 Å². The predicted octanol–water partition coefficient (Wildman–Crippen LogP) is -0.155. The van der Waals surface area contributed by atoms with Gasteiger partial charge in [-0.25, -0.2) is 4.79 Å². The maximum Gasteiger partial charge on any atom is 0.396 e. The highest BCUT2D eigenvalue weighted by Gasteiger charge is 2.21. The van der Waals surface area contributed by atoms with Gasteiger partial charge in [-0.1, -0.05) is 0 Å². The summed E-state index contributed by atoms with van der Waals surface area (Å²) in [6.07, 6.45) is 1.51. The molecule has 1 N–H and O–H groups in total. The summed E-state index contributed by atoms with van der Waals surface area (Å²) in [5, 5.41) is 2.61. The second-order valence-corrected chi connectivity index (χ2v) is 3.08. The quantitative estimate of drug-likeness (QED) is 0.498. The molecule has 1 rings (SSSR count). The molecule has 0 bridgehead atoms. The summed E-state index contributed by atoms with van der Waals surface area (Å²) in [5.74, 6) is -1.46. The van der Waals surface area contributed by atoms with E-state index in [0.29, 0.717) is 13.2 Å². The lowest BCUT2D eigenvalue weighted by atomic mass is 10.1. The Hall–Kier alpha value is -1.10. The number of hydrogen-bond acceptors (Lipinski definition) is 4. The lowest BCUT2D eigenvalue weighted by molar-refractivity contribution is -0.155. The third-order valence-corrected chi connectivity index (χ3v) is 2.02. The Morgan fingerprint density at radius 3 is 2.64 bits per heavy atom. The van der Waals surface area contributed by atoms with Crippen LogP contribution in [0.15, 0.2) is 0 Å². The molecule has 0 aromatic rings. The van der Waals surface area contributed by atoms with Gasteiger partial charge >= 0.3 is 11.9 Å². The van der Waals surface area contributed by atoms with E-state index in [2.05, 4.69) is 10.1 Å². The molecular weight excluding hydrogens is 186 g/mol. The average molecular weight is 201 g/mol. The standard InChI is InChI=1S/C9H15NO4/c1-2-14-9(12)8(11)10-7-3-5-13-6-4-7/h7H,2-6H2,1H3,(H,10,11). The second kappa shape index (κ2) is 5.59. The van der Waals surface area contributed by atoms with Gasteiger partial charge in [0, 0.05) is 19.3 Å². The van der Waals surface area contributed by atoms with Crippen LogP contribution >= 0.6 is 0 Å².